The number of rotatable bonds is 5. The number of fused-ring (bicyclic) bond motifs is 7. The van der Waals surface area contributed by atoms with Crippen molar-refractivity contribution in [3.63, 3.8) is 0 Å². The molecular weight excluding hydrogens is 663 g/mol. The van der Waals surface area contributed by atoms with Crippen LogP contribution in [-0.4, -0.2) is 4.57 Å². The van der Waals surface area contributed by atoms with E-state index in [2.05, 4.69) is 217 Å². The highest BCUT2D eigenvalue weighted by Crippen LogP contribution is 2.42. The second kappa shape index (κ2) is 12.7. The lowest BCUT2D eigenvalue weighted by Crippen LogP contribution is -1.93. The Morgan fingerprint density at radius 3 is 1.38 bits per heavy atom. The summed E-state index contributed by atoms with van der Waals surface area (Å²) in [5.41, 5.74) is 13.4. The van der Waals surface area contributed by atoms with Gasteiger partial charge in [-0.25, -0.2) is 0 Å². The first kappa shape index (κ1) is 31.3. The van der Waals surface area contributed by atoms with Gasteiger partial charge in [-0.15, -0.1) is 0 Å². The Labute approximate surface area is 320 Å². The van der Waals surface area contributed by atoms with E-state index in [1.54, 1.807) is 0 Å². The lowest BCUT2D eigenvalue weighted by Gasteiger charge is -2.16. The Balaban J connectivity index is 1.06. The molecule has 0 fully saturated rings. The van der Waals surface area contributed by atoms with Crippen LogP contribution in [0.3, 0.4) is 0 Å². The molecule has 0 aliphatic carbocycles. The first-order valence-corrected chi connectivity index (χ1v) is 19.0. The third-order valence-electron chi connectivity index (χ3n) is 11.4. The third-order valence-corrected chi connectivity index (χ3v) is 11.4. The molecule has 0 saturated heterocycles. The standard InChI is InChI=1S/C54H35N/c1-3-13-37(14-4-1)49-32-39-17-7-8-18-40(39)33-51(49)42-26-30-46-45-29-25-41(31-43(45)35-50(52(46)34-42)38-15-5-2-6-16-38)36-23-27-44(28-24-36)55-53-21-11-9-19-47(53)48-20-10-12-22-54(48)55/h1-35H. The fourth-order valence-corrected chi connectivity index (χ4v) is 8.71. The number of nitrogens with zero attached hydrogens (tertiary/aromatic N) is 1. The first-order valence-electron chi connectivity index (χ1n) is 19.0. The van der Waals surface area contributed by atoms with Gasteiger partial charge in [-0.1, -0.05) is 158 Å². The second-order valence-corrected chi connectivity index (χ2v) is 14.5. The predicted octanol–water partition coefficient (Wildman–Crippen LogP) is 14.9. The molecule has 256 valence electrons. The predicted molar refractivity (Wildman–Crippen MR) is 235 cm³/mol. The van der Waals surface area contributed by atoms with Crippen LogP contribution in [0.15, 0.2) is 212 Å². The summed E-state index contributed by atoms with van der Waals surface area (Å²) in [7, 11) is 0. The Hall–Kier alpha value is -7.22. The van der Waals surface area contributed by atoms with Gasteiger partial charge in [0.15, 0.2) is 0 Å². The fourth-order valence-electron chi connectivity index (χ4n) is 8.71. The first-order chi connectivity index (χ1) is 27.3. The number of hydrogen-bond donors (Lipinski definition) is 0. The second-order valence-electron chi connectivity index (χ2n) is 14.5. The Bertz CT molecular complexity index is 3170. The van der Waals surface area contributed by atoms with Crippen LogP contribution in [0, 0.1) is 0 Å². The summed E-state index contributed by atoms with van der Waals surface area (Å²) in [6.45, 7) is 0. The minimum absolute atomic E-state index is 1.16. The maximum absolute atomic E-state index is 2.41. The van der Waals surface area contributed by atoms with E-state index in [9.17, 15) is 0 Å². The van der Waals surface area contributed by atoms with E-state index in [0.717, 1.165) is 5.69 Å². The van der Waals surface area contributed by atoms with Crippen molar-refractivity contribution in [2.45, 2.75) is 0 Å². The molecular formula is C54H35N. The molecule has 0 unspecified atom stereocenters. The molecule has 0 radical (unpaired) electrons. The summed E-state index contributed by atoms with van der Waals surface area (Å²) in [5, 5.41) is 10.1. The van der Waals surface area contributed by atoms with Gasteiger partial charge in [0.05, 0.1) is 11.0 Å². The van der Waals surface area contributed by atoms with E-state index in [0.29, 0.717) is 0 Å². The Kier molecular flexibility index (Phi) is 7.25. The van der Waals surface area contributed by atoms with Crippen LogP contribution in [-0.2, 0) is 0 Å². The molecule has 1 heterocycles. The molecule has 10 aromatic carbocycles. The van der Waals surface area contributed by atoms with Crippen molar-refractivity contribution in [2.24, 2.45) is 0 Å². The van der Waals surface area contributed by atoms with Crippen LogP contribution in [0.2, 0.25) is 0 Å². The summed E-state index contributed by atoms with van der Waals surface area (Å²) in [6, 6.07) is 77.8. The Morgan fingerprint density at radius 2 is 0.727 bits per heavy atom. The van der Waals surface area contributed by atoms with Gasteiger partial charge in [-0.3, -0.25) is 0 Å². The molecule has 0 spiro atoms. The zero-order chi connectivity index (χ0) is 36.3. The molecule has 0 aliphatic rings. The lowest BCUT2D eigenvalue weighted by molar-refractivity contribution is 1.18. The number of benzene rings is 10. The van der Waals surface area contributed by atoms with Crippen LogP contribution >= 0.6 is 0 Å². The van der Waals surface area contributed by atoms with Crippen LogP contribution in [0.5, 0.6) is 0 Å². The monoisotopic (exact) mass is 697 g/mol. The normalized spacial score (nSPS) is 11.6. The average molecular weight is 698 g/mol. The SMILES string of the molecule is c1ccc(-c2cc3ccccc3cc2-c2ccc3c(c2)c(-c2ccccc2)cc2cc(-c4ccc(-n5c6ccccc6c6ccccc65)cc4)ccc23)cc1. The molecule has 0 saturated carbocycles. The van der Waals surface area contributed by atoms with Gasteiger partial charge in [0.1, 0.15) is 0 Å². The minimum atomic E-state index is 1.16. The van der Waals surface area contributed by atoms with Crippen molar-refractivity contribution in [3.8, 4) is 50.2 Å². The van der Waals surface area contributed by atoms with Gasteiger partial charge in [0, 0.05) is 16.5 Å². The summed E-state index contributed by atoms with van der Waals surface area (Å²) >= 11 is 0. The summed E-state index contributed by atoms with van der Waals surface area (Å²) in [6.07, 6.45) is 0. The summed E-state index contributed by atoms with van der Waals surface area (Å²) in [5.74, 6) is 0. The number of hydrogen-bond acceptors (Lipinski definition) is 0. The van der Waals surface area contributed by atoms with Crippen molar-refractivity contribution in [2.75, 3.05) is 0 Å². The van der Waals surface area contributed by atoms with Crippen LogP contribution in [0.1, 0.15) is 0 Å². The maximum atomic E-state index is 2.41. The summed E-state index contributed by atoms with van der Waals surface area (Å²) in [4.78, 5) is 0. The van der Waals surface area contributed by atoms with Crippen molar-refractivity contribution in [3.05, 3.63) is 212 Å². The zero-order valence-electron chi connectivity index (χ0n) is 30.2. The van der Waals surface area contributed by atoms with E-state index in [1.165, 1.54) is 98.6 Å². The molecule has 1 nitrogen and oxygen atoms in total. The van der Waals surface area contributed by atoms with Gasteiger partial charge >= 0.3 is 0 Å². The van der Waals surface area contributed by atoms with Gasteiger partial charge in [-0.2, -0.15) is 0 Å². The molecule has 0 aliphatic heterocycles. The quantitative estimate of drug-likeness (QED) is 0.158. The number of para-hydroxylation sites is 2. The topological polar surface area (TPSA) is 4.93 Å². The molecule has 1 heteroatoms. The molecule has 11 aromatic rings. The van der Waals surface area contributed by atoms with Crippen LogP contribution in [0.25, 0.3) is 104 Å². The largest absolute Gasteiger partial charge is 0.309 e. The third kappa shape index (κ3) is 5.24. The van der Waals surface area contributed by atoms with Gasteiger partial charge in [-0.05, 0) is 131 Å². The number of aromatic nitrogens is 1. The van der Waals surface area contributed by atoms with Crippen molar-refractivity contribution in [1.82, 2.24) is 4.57 Å². The van der Waals surface area contributed by atoms with E-state index < -0.39 is 0 Å². The highest BCUT2D eigenvalue weighted by atomic mass is 15.0. The molecule has 1 aromatic heterocycles. The molecule has 0 atom stereocenters. The van der Waals surface area contributed by atoms with E-state index in [1.807, 2.05) is 0 Å². The van der Waals surface area contributed by atoms with Gasteiger partial charge < -0.3 is 4.57 Å². The van der Waals surface area contributed by atoms with Crippen molar-refractivity contribution in [1.29, 1.82) is 0 Å². The zero-order valence-corrected chi connectivity index (χ0v) is 30.2. The molecule has 0 bridgehead atoms. The smallest absolute Gasteiger partial charge is 0.0541 e. The van der Waals surface area contributed by atoms with E-state index >= 15 is 0 Å². The van der Waals surface area contributed by atoms with Crippen molar-refractivity contribution >= 4 is 54.1 Å². The van der Waals surface area contributed by atoms with Crippen LogP contribution < -0.4 is 0 Å². The van der Waals surface area contributed by atoms with E-state index in [-0.39, 0.29) is 0 Å². The maximum Gasteiger partial charge on any atom is 0.0541 e. The highest BCUT2D eigenvalue weighted by Gasteiger charge is 2.16. The average Bonchev–Trinajstić information content (AvgIpc) is 3.60. The molecule has 55 heavy (non-hydrogen) atoms. The lowest BCUT2D eigenvalue weighted by atomic mass is 9.87. The summed E-state index contributed by atoms with van der Waals surface area (Å²) < 4.78 is 2.38. The molecule has 0 amide bonds. The minimum Gasteiger partial charge on any atom is -0.309 e. The molecule has 11 rings (SSSR count). The Morgan fingerprint density at radius 1 is 0.236 bits per heavy atom. The van der Waals surface area contributed by atoms with Gasteiger partial charge in [0.25, 0.3) is 0 Å². The van der Waals surface area contributed by atoms with Gasteiger partial charge in [0.2, 0.25) is 0 Å². The highest BCUT2D eigenvalue weighted by molar-refractivity contribution is 6.16. The van der Waals surface area contributed by atoms with Crippen LogP contribution in [0.4, 0.5) is 0 Å². The molecule has 0 N–H and O–H groups in total. The van der Waals surface area contributed by atoms with Crippen molar-refractivity contribution < 1.29 is 0 Å². The fraction of sp³-hybridized carbons (Fsp3) is 0. The van der Waals surface area contributed by atoms with E-state index in [4.69, 9.17) is 0 Å².